The van der Waals surface area contributed by atoms with Crippen LogP contribution in [0.4, 0.5) is 0 Å². The van der Waals surface area contributed by atoms with Gasteiger partial charge in [0.25, 0.3) is 0 Å². The van der Waals surface area contributed by atoms with Gasteiger partial charge in [0.15, 0.2) is 5.65 Å². The van der Waals surface area contributed by atoms with Crippen molar-refractivity contribution in [3.8, 4) is 0 Å². The van der Waals surface area contributed by atoms with Crippen LogP contribution in [-0.2, 0) is 0 Å². The van der Waals surface area contributed by atoms with Crippen LogP contribution in [0.1, 0.15) is 25.6 Å². The monoisotopic (exact) mass is 205 g/mol. The van der Waals surface area contributed by atoms with Gasteiger partial charge in [0.2, 0.25) is 0 Å². The Morgan fingerprint density at radius 3 is 2.60 bits per heavy atom. The smallest absolute Gasteiger partial charge is 0.423 e. The molecule has 0 aliphatic rings. The average Bonchev–Trinajstić information content (AvgIpc) is 2.59. The molecule has 2 aromatic heterocycles. The van der Waals surface area contributed by atoms with E-state index in [-0.39, 0.29) is 5.92 Å². The maximum Gasteiger partial charge on any atom is 0.489 e. The van der Waals surface area contributed by atoms with Crippen molar-refractivity contribution in [2.75, 3.05) is 0 Å². The Balaban J connectivity index is 2.61. The van der Waals surface area contributed by atoms with Gasteiger partial charge >= 0.3 is 7.12 Å². The van der Waals surface area contributed by atoms with Crippen LogP contribution >= 0.6 is 0 Å². The molecule has 0 saturated carbocycles. The van der Waals surface area contributed by atoms with Crippen LogP contribution in [0.25, 0.3) is 5.65 Å². The third-order valence-electron chi connectivity index (χ3n) is 2.27. The molecule has 0 aromatic carbocycles. The van der Waals surface area contributed by atoms with Crippen molar-refractivity contribution in [1.82, 2.24) is 14.6 Å². The Hall–Kier alpha value is -1.40. The molecule has 0 atom stereocenters. The lowest BCUT2D eigenvalue weighted by Crippen LogP contribution is -2.30. The fourth-order valence-electron chi connectivity index (χ4n) is 1.47. The lowest BCUT2D eigenvalue weighted by molar-refractivity contribution is 0.425. The maximum absolute atomic E-state index is 9.05. The van der Waals surface area contributed by atoms with Crippen LogP contribution in [0, 0.1) is 0 Å². The van der Waals surface area contributed by atoms with E-state index in [0.29, 0.717) is 11.1 Å². The van der Waals surface area contributed by atoms with Crippen molar-refractivity contribution >= 4 is 18.2 Å². The second kappa shape index (κ2) is 3.64. The molecule has 2 rings (SSSR count). The minimum Gasteiger partial charge on any atom is -0.423 e. The molecule has 0 spiro atoms. The topological polar surface area (TPSA) is 70.7 Å². The third kappa shape index (κ3) is 1.73. The summed E-state index contributed by atoms with van der Waals surface area (Å²) >= 11 is 0. The predicted molar refractivity (Wildman–Crippen MR) is 56.9 cm³/mol. The first kappa shape index (κ1) is 10.1. The molecule has 0 radical (unpaired) electrons. The van der Waals surface area contributed by atoms with Crippen LogP contribution in [0.5, 0.6) is 0 Å². The van der Waals surface area contributed by atoms with Gasteiger partial charge < -0.3 is 10.0 Å². The predicted octanol–water partition coefficient (Wildman–Crippen LogP) is -0.467. The molecule has 0 aliphatic heterocycles. The second-order valence-corrected chi connectivity index (χ2v) is 3.78. The zero-order valence-electron chi connectivity index (χ0n) is 8.62. The van der Waals surface area contributed by atoms with Gasteiger partial charge in [0.05, 0.1) is 0 Å². The fourth-order valence-corrected chi connectivity index (χ4v) is 1.47. The Morgan fingerprint density at radius 1 is 1.27 bits per heavy atom. The molecule has 0 unspecified atom stereocenters. The lowest BCUT2D eigenvalue weighted by Gasteiger charge is -2.04. The third-order valence-corrected chi connectivity index (χ3v) is 2.27. The zero-order valence-corrected chi connectivity index (χ0v) is 8.62. The van der Waals surface area contributed by atoms with Crippen molar-refractivity contribution in [2.24, 2.45) is 0 Å². The van der Waals surface area contributed by atoms with Crippen molar-refractivity contribution < 1.29 is 10.0 Å². The van der Waals surface area contributed by atoms with Gasteiger partial charge in [-0.1, -0.05) is 19.9 Å². The number of hydrogen-bond donors (Lipinski definition) is 2. The average molecular weight is 205 g/mol. The minimum absolute atomic E-state index is 0.242. The van der Waals surface area contributed by atoms with E-state index >= 15 is 0 Å². The first-order valence-electron chi connectivity index (χ1n) is 4.80. The van der Waals surface area contributed by atoms with Crippen molar-refractivity contribution in [1.29, 1.82) is 0 Å². The highest BCUT2D eigenvalue weighted by atomic mass is 16.4. The molecule has 2 aromatic rings. The highest BCUT2D eigenvalue weighted by Gasteiger charge is 2.14. The molecule has 6 heteroatoms. The minimum atomic E-state index is -1.46. The van der Waals surface area contributed by atoms with Crippen LogP contribution in [0.15, 0.2) is 18.3 Å². The number of fused-ring (bicyclic) bond motifs is 1. The molecule has 0 bridgehead atoms. The summed E-state index contributed by atoms with van der Waals surface area (Å²) in [4.78, 5) is 0. The fraction of sp³-hybridized carbons (Fsp3) is 0.333. The van der Waals surface area contributed by atoms with E-state index in [0.717, 1.165) is 5.82 Å². The molecule has 5 nitrogen and oxygen atoms in total. The Morgan fingerprint density at radius 2 is 2.00 bits per heavy atom. The van der Waals surface area contributed by atoms with E-state index < -0.39 is 7.12 Å². The molecule has 0 saturated heterocycles. The lowest BCUT2D eigenvalue weighted by atomic mass is 9.82. The summed E-state index contributed by atoms with van der Waals surface area (Å²) in [5, 5.41) is 26.1. The molecular weight excluding hydrogens is 193 g/mol. The number of aromatic nitrogens is 3. The molecule has 0 amide bonds. The highest BCUT2D eigenvalue weighted by Crippen LogP contribution is 2.12. The molecule has 0 fully saturated rings. The van der Waals surface area contributed by atoms with Gasteiger partial charge in [-0.25, -0.2) is 0 Å². The second-order valence-electron chi connectivity index (χ2n) is 3.78. The van der Waals surface area contributed by atoms with Crippen molar-refractivity contribution in [3.05, 3.63) is 24.2 Å². The van der Waals surface area contributed by atoms with Crippen LogP contribution < -0.4 is 5.46 Å². The first-order chi connectivity index (χ1) is 7.09. The van der Waals surface area contributed by atoms with Gasteiger partial charge in [-0.15, -0.1) is 10.2 Å². The molecule has 15 heavy (non-hydrogen) atoms. The molecule has 78 valence electrons. The van der Waals surface area contributed by atoms with Gasteiger partial charge in [-0.3, -0.25) is 4.40 Å². The number of nitrogens with zero attached hydrogens (tertiary/aromatic N) is 3. The van der Waals surface area contributed by atoms with Gasteiger partial charge in [0, 0.05) is 12.1 Å². The molecule has 0 aliphatic carbocycles. The van der Waals surface area contributed by atoms with E-state index in [1.807, 2.05) is 13.8 Å². The summed E-state index contributed by atoms with van der Waals surface area (Å²) in [6, 6.07) is 3.34. The van der Waals surface area contributed by atoms with E-state index in [2.05, 4.69) is 10.2 Å². The largest absolute Gasteiger partial charge is 0.489 e. The SMILES string of the molecule is CC(C)c1nnc2ccc(B(O)O)cn12. The van der Waals surface area contributed by atoms with Crippen molar-refractivity contribution in [3.63, 3.8) is 0 Å². The Labute approximate surface area is 87.5 Å². The molecule has 2 N–H and O–H groups in total. The van der Waals surface area contributed by atoms with Crippen LogP contribution in [0.3, 0.4) is 0 Å². The number of hydrogen-bond acceptors (Lipinski definition) is 4. The van der Waals surface area contributed by atoms with E-state index in [1.54, 1.807) is 22.7 Å². The van der Waals surface area contributed by atoms with E-state index in [1.165, 1.54) is 0 Å². The summed E-state index contributed by atoms with van der Waals surface area (Å²) in [7, 11) is -1.46. The van der Waals surface area contributed by atoms with Gasteiger partial charge in [0.1, 0.15) is 5.82 Å². The summed E-state index contributed by atoms with van der Waals surface area (Å²) < 4.78 is 1.78. The van der Waals surface area contributed by atoms with Crippen LogP contribution in [0.2, 0.25) is 0 Å². The number of pyridine rings is 1. The van der Waals surface area contributed by atoms with Crippen LogP contribution in [-0.4, -0.2) is 31.8 Å². The normalized spacial score (nSPS) is 11.3. The quantitative estimate of drug-likeness (QED) is 0.650. The number of rotatable bonds is 2. The summed E-state index contributed by atoms with van der Waals surface area (Å²) in [6.07, 6.45) is 1.65. The first-order valence-corrected chi connectivity index (χ1v) is 4.80. The summed E-state index contributed by atoms with van der Waals surface area (Å²) in [6.45, 7) is 4.02. The highest BCUT2D eigenvalue weighted by molar-refractivity contribution is 6.58. The van der Waals surface area contributed by atoms with E-state index in [9.17, 15) is 0 Å². The van der Waals surface area contributed by atoms with E-state index in [4.69, 9.17) is 10.0 Å². The van der Waals surface area contributed by atoms with Gasteiger partial charge in [-0.2, -0.15) is 0 Å². The molecular formula is C9H12BN3O2. The Bertz CT molecular complexity index is 481. The zero-order chi connectivity index (χ0) is 11.0. The summed E-state index contributed by atoms with van der Waals surface area (Å²) in [5.74, 6) is 1.05. The van der Waals surface area contributed by atoms with Crippen molar-refractivity contribution in [2.45, 2.75) is 19.8 Å². The summed E-state index contributed by atoms with van der Waals surface area (Å²) in [5.41, 5.74) is 1.15. The maximum atomic E-state index is 9.05. The molecule has 2 heterocycles. The van der Waals surface area contributed by atoms with Gasteiger partial charge in [-0.05, 0) is 11.5 Å². The Kier molecular flexibility index (Phi) is 2.46. The standard InChI is InChI=1S/C9H12BN3O2/c1-6(2)9-12-11-8-4-3-7(10(14)15)5-13(8)9/h3-6,14-15H,1-2H3.